The summed E-state index contributed by atoms with van der Waals surface area (Å²) in [6, 6.07) is 4.09. The van der Waals surface area contributed by atoms with Crippen molar-refractivity contribution in [1.29, 1.82) is 0 Å². The Morgan fingerprint density at radius 1 is 1.09 bits per heavy atom. The minimum Gasteiger partial charge on any atom is -0.337 e. The summed E-state index contributed by atoms with van der Waals surface area (Å²) < 4.78 is 0. The molecule has 4 rings (SSSR count). The van der Waals surface area contributed by atoms with Crippen LogP contribution in [0.4, 0.5) is 5.69 Å². The minimum atomic E-state index is 0.0596. The molecule has 176 valence electrons. The molecule has 2 N–H and O–H groups in total. The standard InChI is InChI=1S/C25H37ClN4O2/c1-17-15-29(11-12-30(17)25(32)20-5-3-4-6-20)16-21-13-22(26)14-23(18(21)2)28-24(31)19-7-9-27-10-8-19/h13-14,17,19-20,27H,3-12,15-16H2,1-2H3,(H,28,31). The predicted octanol–water partition coefficient (Wildman–Crippen LogP) is 3.81. The van der Waals surface area contributed by atoms with Crippen LogP contribution in [0.25, 0.3) is 0 Å². The van der Waals surface area contributed by atoms with E-state index in [0.29, 0.717) is 10.9 Å². The van der Waals surface area contributed by atoms with Crippen molar-refractivity contribution >= 4 is 29.1 Å². The largest absolute Gasteiger partial charge is 0.337 e. The first-order chi connectivity index (χ1) is 15.4. The molecule has 1 aliphatic carbocycles. The summed E-state index contributed by atoms with van der Waals surface area (Å²) in [6.45, 7) is 9.30. The second-order valence-electron chi connectivity index (χ2n) is 9.85. The van der Waals surface area contributed by atoms with Gasteiger partial charge < -0.3 is 15.5 Å². The van der Waals surface area contributed by atoms with E-state index in [1.807, 2.05) is 12.1 Å². The van der Waals surface area contributed by atoms with E-state index in [1.54, 1.807) is 0 Å². The number of carbonyl (C=O) groups excluding carboxylic acids is 2. The number of halogens is 1. The van der Waals surface area contributed by atoms with E-state index < -0.39 is 0 Å². The molecule has 2 amide bonds. The van der Waals surface area contributed by atoms with E-state index in [0.717, 1.165) is 81.8 Å². The smallest absolute Gasteiger partial charge is 0.227 e. The van der Waals surface area contributed by atoms with Crippen LogP contribution >= 0.6 is 11.6 Å². The van der Waals surface area contributed by atoms with E-state index in [4.69, 9.17) is 11.6 Å². The summed E-state index contributed by atoms with van der Waals surface area (Å²) in [5.74, 6) is 0.752. The molecule has 0 bridgehead atoms. The van der Waals surface area contributed by atoms with Crippen molar-refractivity contribution in [2.75, 3.05) is 38.0 Å². The van der Waals surface area contributed by atoms with Crippen LogP contribution < -0.4 is 10.6 Å². The molecule has 0 radical (unpaired) electrons. The van der Waals surface area contributed by atoms with Crippen LogP contribution in [0.3, 0.4) is 0 Å². The third-order valence-corrected chi connectivity index (χ3v) is 7.76. The number of hydrogen-bond donors (Lipinski definition) is 2. The van der Waals surface area contributed by atoms with Gasteiger partial charge in [0, 0.05) is 54.8 Å². The average Bonchev–Trinajstić information content (AvgIpc) is 3.32. The third-order valence-electron chi connectivity index (χ3n) is 7.54. The Morgan fingerprint density at radius 3 is 2.50 bits per heavy atom. The van der Waals surface area contributed by atoms with Gasteiger partial charge in [-0.25, -0.2) is 0 Å². The monoisotopic (exact) mass is 460 g/mol. The van der Waals surface area contributed by atoms with Crippen LogP contribution in [0.15, 0.2) is 12.1 Å². The maximum Gasteiger partial charge on any atom is 0.227 e. The van der Waals surface area contributed by atoms with Gasteiger partial charge in [-0.3, -0.25) is 14.5 Å². The molecular formula is C25H37ClN4O2. The van der Waals surface area contributed by atoms with Gasteiger partial charge in [-0.1, -0.05) is 24.4 Å². The van der Waals surface area contributed by atoms with Gasteiger partial charge in [0.1, 0.15) is 0 Å². The number of hydrogen-bond acceptors (Lipinski definition) is 4. The number of carbonyl (C=O) groups is 2. The highest BCUT2D eigenvalue weighted by Crippen LogP contribution is 2.30. The Balaban J connectivity index is 1.38. The Kier molecular flexibility index (Phi) is 7.74. The lowest BCUT2D eigenvalue weighted by molar-refractivity contribution is -0.140. The number of anilines is 1. The van der Waals surface area contributed by atoms with Crippen LogP contribution in [0, 0.1) is 18.8 Å². The highest BCUT2D eigenvalue weighted by atomic mass is 35.5. The summed E-state index contributed by atoms with van der Waals surface area (Å²) in [5, 5.41) is 7.09. The van der Waals surface area contributed by atoms with Crippen molar-refractivity contribution in [3.05, 3.63) is 28.3 Å². The van der Waals surface area contributed by atoms with Crippen LogP contribution in [-0.2, 0) is 16.1 Å². The van der Waals surface area contributed by atoms with Crippen LogP contribution in [0.2, 0.25) is 5.02 Å². The Morgan fingerprint density at radius 2 is 1.81 bits per heavy atom. The molecule has 1 aromatic carbocycles. The van der Waals surface area contributed by atoms with Gasteiger partial charge in [-0.05, 0) is 75.9 Å². The molecule has 1 unspecified atom stereocenters. The lowest BCUT2D eigenvalue weighted by Crippen LogP contribution is -2.54. The number of nitrogens with zero attached hydrogens (tertiary/aromatic N) is 2. The zero-order valence-electron chi connectivity index (χ0n) is 19.5. The third kappa shape index (κ3) is 5.46. The average molecular weight is 461 g/mol. The molecule has 1 saturated carbocycles. The Hall–Kier alpha value is -1.63. The molecule has 0 spiro atoms. The maximum atomic E-state index is 12.9. The fourth-order valence-corrected chi connectivity index (χ4v) is 5.74. The second-order valence-corrected chi connectivity index (χ2v) is 10.3. The normalized spacial score (nSPS) is 23.5. The molecule has 0 aromatic heterocycles. The highest BCUT2D eigenvalue weighted by Gasteiger charge is 2.33. The second kappa shape index (κ2) is 10.5. The number of piperazine rings is 1. The van der Waals surface area contributed by atoms with Crippen LogP contribution in [0.5, 0.6) is 0 Å². The van der Waals surface area contributed by atoms with Gasteiger partial charge in [0.15, 0.2) is 0 Å². The molecule has 32 heavy (non-hydrogen) atoms. The first kappa shape index (κ1) is 23.5. The highest BCUT2D eigenvalue weighted by molar-refractivity contribution is 6.31. The van der Waals surface area contributed by atoms with E-state index in [1.165, 1.54) is 12.8 Å². The molecule has 1 atom stereocenters. The van der Waals surface area contributed by atoms with Crippen molar-refractivity contribution in [3.8, 4) is 0 Å². The SMILES string of the molecule is Cc1c(CN2CCN(C(=O)C3CCCC3)C(C)C2)cc(Cl)cc1NC(=O)C1CCNCC1. The summed E-state index contributed by atoms with van der Waals surface area (Å²) in [5.41, 5.74) is 3.04. The van der Waals surface area contributed by atoms with E-state index in [-0.39, 0.29) is 23.8 Å². The predicted molar refractivity (Wildman–Crippen MR) is 129 cm³/mol. The van der Waals surface area contributed by atoms with Crippen molar-refractivity contribution in [2.45, 2.75) is 65.0 Å². The van der Waals surface area contributed by atoms with E-state index in [9.17, 15) is 9.59 Å². The minimum absolute atomic E-state index is 0.0596. The van der Waals surface area contributed by atoms with Gasteiger partial charge >= 0.3 is 0 Å². The van der Waals surface area contributed by atoms with Crippen molar-refractivity contribution in [1.82, 2.24) is 15.1 Å². The van der Waals surface area contributed by atoms with Gasteiger partial charge in [0.25, 0.3) is 0 Å². The number of piperidine rings is 1. The number of rotatable bonds is 5. The Labute approximate surface area is 197 Å². The first-order valence-corrected chi connectivity index (χ1v) is 12.6. The molecule has 2 heterocycles. The molecule has 7 heteroatoms. The summed E-state index contributed by atoms with van der Waals surface area (Å²) in [4.78, 5) is 30.2. The molecule has 3 aliphatic rings. The van der Waals surface area contributed by atoms with Crippen LogP contribution in [0.1, 0.15) is 56.6 Å². The van der Waals surface area contributed by atoms with E-state index in [2.05, 4.69) is 34.3 Å². The van der Waals surface area contributed by atoms with Crippen molar-refractivity contribution in [2.24, 2.45) is 11.8 Å². The Bertz CT molecular complexity index is 833. The fourth-order valence-electron chi connectivity index (χ4n) is 5.50. The molecule has 6 nitrogen and oxygen atoms in total. The first-order valence-electron chi connectivity index (χ1n) is 12.3. The summed E-state index contributed by atoms with van der Waals surface area (Å²) in [6.07, 6.45) is 6.24. The lowest BCUT2D eigenvalue weighted by atomic mass is 9.96. The quantitative estimate of drug-likeness (QED) is 0.701. The maximum absolute atomic E-state index is 12.9. The number of benzene rings is 1. The number of nitrogens with one attached hydrogen (secondary N) is 2. The van der Waals surface area contributed by atoms with Gasteiger partial charge in [0.05, 0.1) is 0 Å². The van der Waals surface area contributed by atoms with Crippen molar-refractivity contribution < 1.29 is 9.59 Å². The van der Waals surface area contributed by atoms with Gasteiger partial charge in [-0.2, -0.15) is 0 Å². The summed E-state index contributed by atoms with van der Waals surface area (Å²) >= 11 is 6.44. The molecule has 2 saturated heterocycles. The molecule has 2 aliphatic heterocycles. The van der Waals surface area contributed by atoms with E-state index >= 15 is 0 Å². The van der Waals surface area contributed by atoms with Crippen molar-refractivity contribution in [3.63, 3.8) is 0 Å². The zero-order chi connectivity index (χ0) is 22.7. The zero-order valence-corrected chi connectivity index (χ0v) is 20.2. The van der Waals surface area contributed by atoms with Gasteiger partial charge in [0.2, 0.25) is 11.8 Å². The molecular weight excluding hydrogens is 424 g/mol. The van der Waals surface area contributed by atoms with Gasteiger partial charge in [-0.15, -0.1) is 0 Å². The topological polar surface area (TPSA) is 64.7 Å². The molecule has 3 fully saturated rings. The lowest BCUT2D eigenvalue weighted by Gasteiger charge is -2.41. The molecule has 1 aromatic rings. The number of amides is 2. The van der Waals surface area contributed by atoms with Crippen LogP contribution in [-0.4, -0.2) is 60.4 Å². The summed E-state index contributed by atoms with van der Waals surface area (Å²) in [7, 11) is 0. The fraction of sp³-hybridized carbons (Fsp3) is 0.680.